The number of likely N-dealkylation sites (N-methyl/N-ethyl adjacent to an activating group) is 1. The smallest absolute Gasteiger partial charge is 0.0480 e. The van der Waals surface area contributed by atoms with Crippen molar-refractivity contribution in [2.24, 2.45) is 0 Å². The van der Waals surface area contributed by atoms with E-state index in [9.17, 15) is 0 Å². The van der Waals surface area contributed by atoms with Gasteiger partial charge in [-0.05, 0) is 38.8 Å². The second kappa shape index (κ2) is 9.12. The third-order valence-electron chi connectivity index (χ3n) is 3.23. The molecule has 2 nitrogen and oxygen atoms in total. The standard InChI is InChI=1S/C16H27NO/c1-4-5-10-18-11-9-16(17-3)13-15-8-6-7-14(2)12-15/h6-8,12,16-17H,4-5,9-11,13H2,1-3H3. The molecule has 1 aromatic carbocycles. The number of aryl methyl sites for hydroxylation is 1. The molecule has 0 saturated carbocycles. The first-order chi connectivity index (χ1) is 8.76. The highest BCUT2D eigenvalue weighted by Gasteiger charge is 2.07. The molecule has 18 heavy (non-hydrogen) atoms. The van der Waals surface area contributed by atoms with Gasteiger partial charge in [0, 0.05) is 19.3 Å². The Morgan fingerprint density at radius 2 is 2.11 bits per heavy atom. The summed E-state index contributed by atoms with van der Waals surface area (Å²) in [7, 11) is 2.03. The van der Waals surface area contributed by atoms with Gasteiger partial charge in [0.1, 0.15) is 0 Å². The predicted octanol–water partition coefficient (Wildman–Crippen LogP) is 3.33. The Hall–Kier alpha value is -0.860. The zero-order chi connectivity index (χ0) is 13.2. The molecule has 2 heteroatoms. The van der Waals surface area contributed by atoms with Gasteiger partial charge in [-0.25, -0.2) is 0 Å². The maximum Gasteiger partial charge on any atom is 0.0480 e. The van der Waals surface area contributed by atoms with E-state index in [1.165, 1.54) is 24.0 Å². The fraction of sp³-hybridized carbons (Fsp3) is 0.625. The number of ether oxygens (including phenoxy) is 1. The monoisotopic (exact) mass is 249 g/mol. The molecule has 0 aliphatic rings. The highest BCUT2D eigenvalue weighted by molar-refractivity contribution is 5.22. The van der Waals surface area contributed by atoms with Gasteiger partial charge in [-0.15, -0.1) is 0 Å². The summed E-state index contributed by atoms with van der Waals surface area (Å²) in [6.07, 6.45) is 4.53. The summed E-state index contributed by atoms with van der Waals surface area (Å²) in [6, 6.07) is 9.26. The zero-order valence-electron chi connectivity index (χ0n) is 12.0. The van der Waals surface area contributed by atoms with Crippen LogP contribution in [0.2, 0.25) is 0 Å². The summed E-state index contributed by atoms with van der Waals surface area (Å²) in [4.78, 5) is 0. The van der Waals surface area contributed by atoms with Crippen LogP contribution in [0.15, 0.2) is 24.3 Å². The highest BCUT2D eigenvalue weighted by atomic mass is 16.5. The Morgan fingerprint density at radius 1 is 1.28 bits per heavy atom. The molecule has 0 amide bonds. The van der Waals surface area contributed by atoms with Gasteiger partial charge in [0.25, 0.3) is 0 Å². The minimum atomic E-state index is 0.508. The zero-order valence-corrected chi connectivity index (χ0v) is 12.0. The SMILES string of the molecule is CCCCOCCC(Cc1cccc(C)c1)NC. The van der Waals surface area contributed by atoms with Crippen LogP contribution in [-0.4, -0.2) is 26.3 Å². The molecule has 0 fully saturated rings. The summed E-state index contributed by atoms with van der Waals surface area (Å²) >= 11 is 0. The van der Waals surface area contributed by atoms with Crippen LogP contribution in [0.3, 0.4) is 0 Å². The van der Waals surface area contributed by atoms with Gasteiger partial charge in [-0.2, -0.15) is 0 Å². The largest absolute Gasteiger partial charge is 0.381 e. The van der Waals surface area contributed by atoms with Gasteiger partial charge in [-0.1, -0.05) is 43.2 Å². The number of hydrogen-bond donors (Lipinski definition) is 1. The van der Waals surface area contributed by atoms with Crippen molar-refractivity contribution < 1.29 is 4.74 Å². The van der Waals surface area contributed by atoms with Crippen molar-refractivity contribution in [1.82, 2.24) is 5.32 Å². The molecule has 0 spiro atoms. The third-order valence-corrected chi connectivity index (χ3v) is 3.23. The van der Waals surface area contributed by atoms with Crippen LogP contribution >= 0.6 is 0 Å². The topological polar surface area (TPSA) is 21.3 Å². The first-order valence-electron chi connectivity index (χ1n) is 7.06. The van der Waals surface area contributed by atoms with E-state index < -0.39 is 0 Å². The number of nitrogens with one attached hydrogen (secondary N) is 1. The highest BCUT2D eigenvalue weighted by Crippen LogP contribution is 2.08. The number of rotatable bonds is 9. The average molecular weight is 249 g/mol. The van der Waals surface area contributed by atoms with E-state index in [1.807, 2.05) is 7.05 Å². The maximum absolute atomic E-state index is 5.63. The Morgan fingerprint density at radius 3 is 2.78 bits per heavy atom. The van der Waals surface area contributed by atoms with E-state index in [2.05, 4.69) is 43.4 Å². The molecule has 1 rings (SSSR count). The summed E-state index contributed by atoms with van der Waals surface area (Å²) < 4.78 is 5.63. The number of unbranched alkanes of at least 4 members (excludes halogenated alkanes) is 1. The van der Waals surface area contributed by atoms with Crippen molar-refractivity contribution in [2.75, 3.05) is 20.3 Å². The Balaban J connectivity index is 2.28. The molecule has 1 N–H and O–H groups in total. The lowest BCUT2D eigenvalue weighted by atomic mass is 10.0. The van der Waals surface area contributed by atoms with Crippen molar-refractivity contribution in [3.8, 4) is 0 Å². The van der Waals surface area contributed by atoms with Gasteiger partial charge >= 0.3 is 0 Å². The van der Waals surface area contributed by atoms with Gasteiger partial charge in [0.15, 0.2) is 0 Å². The second-order valence-electron chi connectivity index (χ2n) is 4.93. The molecule has 0 heterocycles. The van der Waals surface area contributed by atoms with Gasteiger partial charge in [0.05, 0.1) is 0 Å². The fourth-order valence-electron chi connectivity index (χ4n) is 2.05. The van der Waals surface area contributed by atoms with Crippen molar-refractivity contribution >= 4 is 0 Å². The van der Waals surface area contributed by atoms with E-state index in [0.29, 0.717) is 6.04 Å². The van der Waals surface area contributed by atoms with Crippen molar-refractivity contribution in [3.63, 3.8) is 0 Å². The normalized spacial score (nSPS) is 12.6. The molecule has 102 valence electrons. The van der Waals surface area contributed by atoms with Crippen molar-refractivity contribution in [2.45, 2.75) is 45.6 Å². The van der Waals surface area contributed by atoms with Crippen molar-refractivity contribution in [3.05, 3.63) is 35.4 Å². The van der Waals surface area contributed by atoms with Crippen LogP contribution in [0.4, 0.5) is 0 Å². The van der Waals surface area contributed by atoms with Gasteiger partial charge in [0.2, 0.25) is 0 Å². The van der Waals surface area contributed by atoms with E-state index in [4.69, 9.17) is 4.74 Å². The van der Waals surface area contributed by atoms with E-state index >= 15 is 0 Å². The lowest BCUT2D eigenvalue weighted by Gasteiger charge is -2.16. The lowest BCUT2D eigenvalue weighted by Crippen LogP contribution is -2.29. The van der Waals surface area contributed by atoms with Crippen LogP contribution < -0.4 is 5.32 Å². The van der Waals surface area contributed by atoms with Crippen LogP contribution in [0.1, 0.15) is 37.3 Å². The van der Waals surface area contributed by atoms with Crippen LogP contribution in [-0.2, 0) is 11.2 Å². The minimum Gasteiger partial charge on any atom is -0.381 e. The number of hydrogen-bond acceptors (Lipinski definition) is 2. The number of benzene rings is 1. The van der Waals surface area contributed by atoms with Gasteiger partial charge in [-0.3, -0.25) is 0 Å². The molecule has 0 aliphatic heterocycles. The molecule has 0 aromatic heterocycles. The molecule has 1 unspecified atom stereocenters. The Labute approximate surface area is 112 Å². The van der Waals surface area contributed by atoms with E-state index in [1.54, 1.807) is 0 Å². The summed E-state index contributed by atoms with van der Waals surface area (Å²) in [5.41, 5.74) is 2.74. The predicted molar refractivity (Wildman–Crippen MR) is 78.1 cm³/mol. The molecule has 0 aliphatic carbocycles. The molecular weight excluding hydrogens is 222 g/mol. The first-order valence-corrected chi connectivity index (χ1v) is 7.06. The molecule has 1 aromatic rings. The first kappa shape index (κ1) is 15.2. The summed E-state index contributed by atoms with van der Waals surface area (Å²) in [6.45, 7) is 6.10. The molecule has 0 radical (unpaired) electrons. The Bertz CT molecular complexity index is 325. The third kappa shape index (κ3) is 6.18. The molecule has 0 bridgehead atoms. The summed E-state index contributed by atoms with van der Waals surface area (Å²) in [5.74, 6) is 0. The van der Waals surface area contributed by atoms with E-state index in [0.717, 1.165) is 26.1 Å². The van der Waals surface area contributed by atoms with Crippen LogP contribution in [0.5, 0.6) is 0 Å². The molecular formula is C16H27NO. The molecule has 0 saturated heterocycles. The van der Waals surface area contributed by atoms with Crippen molar-refractivity contribution in [1.29, 1.82) is 0 Å². The average Bonchev–Trinajstić information content (AvgIpc) is 2.37. The van der Waals surface area contributed by atoms with Crippen LogP contribution in [0.25, 0.3) is 0 Å². The summed E-state index contributed by atoms with van der Waals surface area (Å²) in [5, 5.41) is 3.38. The molecule has 1 atom stereocenters. The minimum absolute atomic E-state index is 0.508. The van der Waals surface area contributed by atoms with Crippen LogP contribution in [0, 0.1) is 6.92 Å². The van der Waals surface area contributed by atoms with E-state index in [-0.39, 0.29) is 0 Å². The lowest BCUT2D eigenvalue weighted by molar-refractivity contribution is 0.122. The maximum atomic E-state index is 5.63. The van der Waals surface area contributed by atoms with Gasteiger partial charge < -0.3 is 10.1 Å². The Kier molecular flexibility index (Phi) is 7.70. The fourth-order valence-corrected chi connectivity index (χ4v) is 2.05. The quantitative estimate of drug-likeness (QED) is 0.678. The second-order valence-corrected chi connectivity index (χ2v) is 4.93.